The summed E-state index contributed by atoms with van der Waals surface area (Å²) < 4.78 is 46.0. The Labute approximate surface area is 118 Å². The number of nitrogens with zero attached hydrogens (tertiary/aromatic N) is 2. The lowest BCUT2D eigenvalue weighted by Gasteiger charge is -2.14. The van der Waals surface area contributed by atoms with Crippen molar-refractivity contribution in [1.29, 1.82) is 5.26 Å². The van der Waals surface area contributed by atoms with Crippen LogP contribution in [0.1, 0.15) is 11.3 Å². The number of rotatable bonds is 4. The van der Waals surface area contributed by atoms with E-state index in [4.69, 9.17) is 10.00 Å². The van der Waals surface area contributed by atoms with Gasteiger partial charge in [0.2, 0.25) is 0 Å². The van der Waals surface area contributed by atoms with Gasteiger partial charge in [-0.2, -0.15) is 5.26 Å². The van der Waals surface area contributed by atoms with Gasteiger partial charge in [-0.25, -0.2) is 4.98 Å². The predicted molar refractivity (Wildman–Crippen MR) is 66.4 cm³/mol. The summed E-state index contributed by atoms with van der Waals surface area (Å²) in [7, 11) is 0. The van der Waals surface area contributed by atoms with Gasteiger partial charge in [0, 0.05) is 11.8 Å². The maximum Gasteiger partial charge on any atom is 0.573 e. The van der Waals surface area contributed by atoms with Gasteiger partial charge in [-0.15, -0.1) is 13.2 Å². The molecular formula is C14H9F3N2O2. The van der Waals surface area contributed by atoms with Gasteiger partial charge in [0.1, 0.15) is 18.4 Å². The molecule has 0 aliphatic carbocycles. The molecule has 0 bridgehead atoms. The number of para-hydroxylation sites is 2. The van der Waals surface area contributed by atoms with Gasteiger partial charge >= 0.3 is 6.36 Å². The van der Waals surface area contributed by atoms with Crippen LogP contribution in [0.2, 0.25) is 0 Å². The summed E-state index contributed by atoms with van der Waals surface area (Å²) in [4.78, 5) is 3.84. The molecule has 108 valence electrons. The molecule has 4 nitrogen and oxygen atoms in total. The van der Waals surface area contributed by atoms with Crippen LogP contribution in [0.3, 0.4) is 0 Å². The van der Waals surface area contributed by atoms with Crippen LogP contribution in [0.5, 0.6) is 11.5 Å². The van der Waals surface area contributed by atoms with Crippen LogP contribution in [0, 0.1) is 11.3 Å². The van der Waals surface area contributed by atoms with Crippen LogP contribution in [0.4, 0.5) is 13.2 Å². The van der Waals surface area contributed by atoms with E-state index in [9.17, 15) is 13.2 Å². The molecule has 21 heavy (non-hydrogen) atoms. The van der Waals surface area contributed by atoms with Crippen LogP contribution in [0.25, 0.3) is 0 Å². The minimum absolute atomic E-state index is 0.0671. The second-order valence-corrected chi connectivity index (χ2v) is 3.91. The summed E-state index contributed by atoms with van der Waals surface area (Å²) in [6.07, 6.45) is -3.35. The van der Waals surface area contributed by atoms with Crippen LogP contribution in [-0.4, -0.2) is 11.3 Å². The first kappa shape index (κ1) is 14.7. The van der Waals surface area contributed by atoms with E-state index >= 15 is 0 Å². The number of pyridine rings is 1. The van der Waals surface area contributed by atoms with E-state index in [0.717, 1.165) is 6.07 Å². The molecule has 0 unspecified atom stereocenters. The highest BCUT2D eigenvalue weighted by Crippen LogP contribution is 2.32. The maximum atomic E-state index is 12.3. The zero-order valence-electron chi connectivity index (χ0n) is 10.6. The number of benzene rings is 1. The van der Waals surface area contributed by atoms with E-state index < -0.39 is 12.1 Å². The van der Waals surface area contributed by atoms with Crippen LogP contribution in [-0.2, 0) is 6.61 Å². The van der Waals surface area contributed by atoms with Crippen molar-refractivity contribution < 1.29 is 22.6 Å². The largest absolute Gasteiger partial charge is 0.573 e. The Balaban J connectivity index is 2.15. The Morgan fingerprint density at radius 1 is 1.10 bits per heavy atom. The minimum atomic E-state index is -4.80. The third kappa shape index (κ3) is 4.11. The van der Waals surface area contributed by atoms with Crippen LogP contribution >= 0.6 is 0 Å². The van der Waals surface area contributed by atoms with Crippen molar-refractivity contribution in [1.82, 2.24) is 4.98 Å². The topological polar surface area (TPSA) is 55.1 Å². The summed E-state index contributed by atoms with van der Waals surface area (Å²) in [5.41, 5.74) is 0.633. The van der Waals surface area contributed by atoms with E-state index in [1.165, 1.54) is 24.4 Å². The lowest BCUT2D eigenvalue weighted by molar-refractivity contribution is -0.275. The van der Waals surface area contributed by atoms with Crippen molar-refractivity contribution in [3.8, 4) is 17.6 Å². The number of aromatic nitrogens is 1. The second-order valence-electron chi connectivity index (χ2n) is 3.91. The Morgan fingerprint density at radius 2 is 1.81 bits per heavy atom. The first-order valence-corrected chi connectivity index (χ1v) is 5.81. The van der Waals surface area contributed by atoms with Gasteiger partial charge in [0.25, 0.3) is 0 Å². The fraction of sp³-hybridized carbons (Fsp3) is 0.143. The molecule has 2 rings (SSSR count). The number of hydrogen-bond acceptors (Lipinski definition) is 4. The molecule has 0 aliphatic rings. The number of halogens is 3. The van der Waals surface area contributed by atoms with Crippen molar-refractivity contribution in [2.45, 2.75) is 13.0 Å². The zero-order chi connectivity index (χ0) is 15.3. The fourth-order valence-corrected chi connectivity index (χ4v) is 1.59. The minimum Gasteiger partial charge on any atom is -0.485 e. The third-order valence-corrected chi connectivity index (χ3v) is 2.46. The normalized spacial score (nSPS) is 10.8. The third-order valence-electron chi connectivity index (χ3n) is 2.46. The summed E-state index contributed by atoms with van der Waals surface area (Å²) in [5, 5.41) is 8.88. The Bertz CT molecular complexity index is 666. The molecule has 0 fully saturated rings. The van der Waals surface area contributed by atoms with Gasteiger partial charge in [-0.3, -0.25) is 0 Å². The molecular weight excluding hydrogens is 285 g/mol. The monoisotopic (exact) mass is 294 g/mol. The lowest BCUT2D eigenvalue weighted by atomic mass is 10.2. The van der Waals surface area contributed by atoms with Crippen molar-refractivity contribution in [3.05, 3.63) is 53.9 Å². The molecule has 1 aromatic carbocycles. The Kier molecular flexibility index (Phi) is 4.28. The van der Waals surface area contributed by atoms with Crippen molar-refractivity contribution in [3.63, 3.8) is 0 Å². The molecule has 1 aromatic heterocycles. The summed E-state index contributed by atoms with van der Waals surface area (Å²) in [6, 6.07) is 10.5. The maximum absolute atomic E-state index is 12.3. The summed E-state index contributed by atoms with van der Waals surface area (Å²) in [5.74, 6) is -0.505. The van der Waals surface area contributed by atoms with Crippen molar-refractivity contribution in [2.75, 3.05) is 0 Å². The molecule has 0 amide bonds. The summed E-state index contributed by atoms with van der Waals surface area (Å²) >= 11 is 0. The van der Waals surface area contributed by atoms with E-state index in [0.29, 0.717) is 5.56 Å². The molecule has 0 radical (unpaired) electrons. The SMILES string of the molecule is N#Cc1ncccc1COc1ccccc1OC(F)(F)F. The lowest BCUT2D eigenvalue weighted by Crippen LogP contribution is -2.17. The average molecular weight is 294 g/mol. The van der Waals surface area contributed by atoms with Crippen LogP contribution in [0.15, 0.2) is 42.6 Å². The van der Waals surface area contributed by atoms with E-state index in [-0.39, 0.29) is 18.1 Å². The van der Waals surface area contributed by atoms with Crippen LogP contribution < -0.4 is 9.47 Å². The smallest absolute Gasteiger partial charge is 0.485 e. The van der Waals surface area contributed by atoms with E-state index in [1.54, 1.807) is 12.1 Å². The first-order valence-electron chi connectivity index (χ1n) is 5.81. The highest BCUT2D eigenvalue weighted by molar-refractivity contribution is 5.40. The number of nitriles is 1. The van der Waals surface area contributed by atoms with Gasteiger partial charge in [0.05, 0.1) is 0 Å². The predicted octanol–water partition coefficient (Wildman–Crippen LogP) is 3.43. The average Bonchev–Trinajstić information content (AvgIpc) is 2.45. The van der Waals surface area contributed by atoms with Gasteiger partial charge < -0.3 is 9.47 Å². The number of hydrogen-bond donors (Lipinski definition) is 0. The van der Waals surface area contributed by atoms with E-state index in [1.807, 2.05) is 6.07 Å². The van der Waals surface area contributed by atoms with Gasteiger partial charge in [-0.05, 0) is 18.2 Å². The quantitative estimate of drug-likeness (QED) is 0.867. The van der Waals surface area contributed by atoms with Crippen molar-refractivity contribution >= 4 is 0 Å². The Morgan fingerprint density at radius 3 is 2.48 bits per heavy atom. The van der Waals surface area contributed by atoms with Crippen molar-refractivity contribution in [2.24, 2.45) is 0 Å². The standard InChI is InChI=1S/C14H9F3N2O2/c15-14(16,17)21-13-6-2-1-5-12(13)20-9-10-4-3-7-19-11(10)8-18/h1-7H,9H2. The molecule has 0 saturated carbocycles. The molecule has 0 spiro atoms. The van der Waals surface area contributed by atoms with Gasteiger partial charge in [0.15, 0.2) is 11.5 Å². The first-order chi connectivity index (χ1) is 9.99. The summed E-state index contributed by atoms with van der Waals surface area (Å²) in [6.45, 7) is -0.0883. The Hall–Kier alpha value is -2.75. The highest BCUT2D eigenvalue weighted by Gasteiger charge is 2.32. The highest BCUT2D eigenvalue weighted by atomic mass is 19.4. The number of ether oxygens (including phenoxy) is 2. The zero-order valence-corrected chi connectivity index (χ0v) is 10.6. The molecule has 0 aliphatic heterocycles. The number of alkyl halides is 3. The molecule has 7 heteroatoms. The molecule has 0 saturated heterocycles. The molecule has 2 aromatic rings. The molecule has 1 heterocycles. The molecule has 0 N–H and O–H groups in total. The second kappa shape index (κ2) is 6.13. The fourth-order valence-electron chi connectivity index (χ4n) is 1.59. The van der Waals surface area contributed by atoms with Gasteiger partial charge in [-0.1, -0.05) is 18.2 Å². The van der Waals surface area contributed by atoms with E-state index in [2.05, 4.69) is 9.72 Å². The molecule has 0 atom stereocenters.